The lowest BCUT2D eigenvalue weighted by atomic mass is 10.3. The lowest BCUT2D eigenvalue weighted by Crippen LogP contribution is -2.37. The molecule has 0 rings (SSSR count). The van der Waals surface area contributed by atoms with Crippen LogP contribution in [0.3, 0.4) is 0 Å². The Morgan fingerprint density at radius 3 is 2.11 bits per heavy atom. The molecule has 0 aromatic carbocycles. The van der Waals surface area contributed by atoms with Gasteiger partial charge in [-0.15, -0.1) is 0 Å². The molecule has 0 unspecified atom stereocenters. The summed E-state index contributed by atoms with van der Waals surface area (Å²) in [5.74, 6) is -1.00. The topological polar surface area (TPSA) is 61.8 Å². The SMILES string of the molecule is CCCC(=O)O[C@H](CP(=O)(OC)OC)C(F)(F)F. The van der Waals surface area contributed by atoms with Gasteiger partial charge in [-0.1, -0.05) is 6.92 Å². The van der Waals surface area contributed by atoms with Crippen LogP contribution in [-0.2, 0) is 23.1 Å². The third-order valence-corrected chi connectivity index (χ3v) is 3.93. The molecule has 0 aliphatic carbocycles. The van der Waals surface area contributed by atoms with Gasteiger partial charge >= 0.3 is 19.7 Å². The van der Waals surface area contributed by atoms with Gasteiger partial charge in [-0.05, 0) is 6.42 Å². The van der Waals surface area contributed by atoms with Gasteiger partial charge in [-0.3, -0.25) is 9.36 Å². The number of alkyl halides is 3. The molecule has 0 N–H and O–H groups in total. The van der Waals surface area contributed by atoms with Crippen LogP contribution in [0.15, 0.2) is 0 Å². The van der Waals surface area contributed by atoms with E-state index in [1.807, 2.05) is 0 Å². The number of esters is 1. The number of carbonyl (C=O) groups is 1. The molecule has 0 aliphatic heterocycles. The second-order valence-corrected chi connectivity index (χ2v) is 5.75. The van der Waals surface area contributed by atoms with Gasteiger partial charge in [-0.2, -0.15) is 13.2 Å². The highest BCUT2D eigenvalue weighted by Crippen LogP contribution is 2.49. The molecular weight excluding hydrogens is 276 g/mol. The first-order valence-corrected chi connectivity index (χ1v) is 6.88. The van der Waals surface area contributed by atoms with Gasteiger partial charge in [-0.25, -0.2) is 0 Å². The highest BCUT2D eigenvalue weighted by molar-refractivity contribution is 7.53. The summed E-state index contributed by atoms with van der Waals surface area (Å²) in [6.07, 6.45) is -8.16. The van der Waals surface area contributed by atoms with E-state index in [9.17, 15) is 22.5 Å². The van der Waals surface area contributed by atoms with E-state index in [4.69, 9.17) is 0 Å². The molecule has 18 heavy (non-hydrogen) atoms. The van der Waals surface area contributed by atoms with E-state index in [0.29, 0.717) is 6.42 Å². The maximum absolute atomic E-state index is 12.6. The van der Waals surface area contributed by atoms with Gasteiger partial charge in [0.05, 0.1) is 6.16 Å². The van der Waals surface area contributed by atoms with Crippen LogP contribution in [0.1, 0.15) is 19.8 Å². The largest absolute Gasteiger partial charge is 0.452 e. The summed E-state index contributed by atoms with van der Waals surface area (Å²) >= 11 is 0. The third kappa shape index (κ3) is 5.84. The molecule has 1 atom stereocenters. The van der Waals surface area contributed by atoms with Gasteiger partial charge in [0.15, 0.2) is 0 Å². The van der Waals surface area contributed by atoms with Gasteiger partial charge in [0.25, 0.3) is 0 Å². The highest BCUT2D eigenvalue weighted by atomic mass is 31.2. The van der Waals surface area contributed by atoms with E-state index in [-0.39, 0.29) is 6.42 Å². The van der Waals surface area contributed by atoms with Crippen LogP contribution < -0.4 is 0 Å². The predicted molar refractivity (Wildman–Crippen MR) is 57.3 cm³/mol. The molecule has 0 aromatic heterocycles. The molecule has 0 aliphatic rings. The van der Waals surface area contributed by atoms with Crippen molar-refractivity contribution in [3.05, 3.63) is 0 Å². The monoisotopic (exact) mass is 292 g/mol. The van der Waals surface area contributed by atoms with Crippen molar-refractivity contribution in [2.75, 3.05) is 20.4 Å². The second-order valence-electron chi connectivity index (χ2n) is 3.43. The van der Waals surface area contributed by atoms with Gasteiger partial charge in [0, 0.05) is 20.6 Å². The zero-order valence-electron chi connectivity index (χ0n) is 10.3. The second kappa shape index (κ2) is 7.11. The molecular formula is C9H16F3O5P. The number of halogens is 3. The Labute approximate surface area is 103 Å². The number of rotatable bonds is 7. The van der Waals surface area contributed by atoms with E-state index in [1.165, 1.54) is 0 Å². The Morgan fingerprint density at radius 2 is 1.78 bits per heavy atom. The van der Waals surface area contributed by atoms with Crippen LogP contribution in [0, 0.1) is 0 Å². The molecule has 0 heterocycles. The summed E-state index contributed by atoms with van der Waals surface area (Å²) in [6.45, 7) is 1.62. The normalized spacial score (nSPS) is 14.3. The number of hydrogen-bond donors (Lipinski definition) is 0. The van der Waals surface area contributed by atoms with Crippen molar-refractivity contribution in [2.24, 2.45) is 0 Å². The summed E-state index contributed by atoms with van der Waals surface area (Å²) in [5, 5.41) is 0. The fourth-order valence-corrected chi connectivity index (χ4v) is 2.19. The van der Waals surface area contributed by atoms with Crippen LogP contribution in [0.25, 0.3) is 0 Å². The Morgan fingerprint density at radius 1 is 1.28 bits per heavy atom. The van der Waals surface area contributed by atoms with Crippen LogP contribution in [0.4, 0.5) is 13.2 Å². The Hall–Kier alpha value is -0.590. The lowest BCUT2D eigenvalue weighted by Gasteiger charge is -2.23. The quantitative estimate of drug-likeness (QED) is 0.533. The molecule has 0 saturated heterocycles. The maximum Gasteiger partial charge on any atom is 0.426 e. The molecule has 0 saturated carbocycles. The van der Waals surface area contributed by atoms with Crippen LogP contribution in [0.5, 0.6) is 0 Å². The van der Waals surface area contributed by atoms with Gasteiger partial charge in [0.1, 0.15) is 0 Å². The minimum absolute atomic E-state index is 0.142. The van der Waals surface area contributed by atoms with E-state index in [2.05, 4.69) is 13.8 Å². The van der Waals surface area contributed by atoms with E-state index < -0.39 is 32.0 Å². The summed E-state index contributed by atoms with van der Waals surface area (Å²) in [7, 11) is -1.98. The Bertz CT molecular complexity index is 310. The summed E-state index contributed by atoms with van der Waals surface area (Å²) < 4.78 is 62.5. The zero-order chi connectivity index (χ0) is 14.4. The minimum Gasteiger partial charge on any atom is -0.452 e. The molecule has 0 bridgehead atoms. The molecule has 108 valence electrons. The number of ether oxygens (including phenoxy) is 1. The van der Waals surface area contributed by atoms with Crippen molar-refractivity contribution in [3.63, 3.8) is 0 Å². The lowest BCUT2D eigenvalue weighted by molar-refractivity contribution is -0.215. The first-order chi connectivity index (χ1) is 8.18. The zero-order valence-corrected chi connectivity index (χ0v) is 11.2. The van der Waals surface area contributed by atoms with Crippen molar-refractivity contribution in [1.29, 1.82) is 0 Å². The molecule has 9 heteroatoms. The van der Waals surface area contributed by atoms with Crippen molar-refractivity contribution in [3.8, 4) is 0 Å². The molecule has 0 radical (unpaired) electrons. The highest BCUT2D eigenvalue weighted by Gasteiger charge is 2.47. The van der Waals surface area contributed by atoms with Crippen LogP contribution >= 0.6 is 7.60 Å². The average molecular weight is 292 g/mol. The fourth-order valence-electron chi connectivity index (χ4n) is 1.06. The van der Waals surface area contributed by atoms with E-state index >= 15 is 0 Å². The molecule has 0 aromatic rings. The average Bonchev–Trinajstić information content (AvgIpc) is 2.27. The fraction of sp³-hybridized carbons (Fsp3) is 0.889. The van der Waals surface area contributed by atoms with Crippen molar-refractivity contribution in [1.82, 2.24) is 0 Å². The molecule has 0 amide bonds. The summed E-state index contributed by atoms with van der Waals surface area (Å²) in [5.41, 5.74) is 0. The van der Waals surface area contributed by atoms with Gasteiger partial charge < -0.3 is 13.8 Å². The number of hydrogen-bond acceptors (Lipinski definition) is 5. The summed E-state index contributed by atoms with van der Waals surface area (Å²) in [6, 6.07) is 0. The minimum atomic E-state index is -4.82. The standard InChI is InChI=1S/C9H16F3O5P/c1-4-5-8(13)17-7(9(10,11)12)6-18(14,15-2)16-3/h7H,4-6H2,1-3H3/t7-/m1/s1. The third-order valence-electron chi connectivity index (χ3n) is 2.04. The summed E-state index contributed by atoms with van der Waals surface area (Å²) in [4.78, 5) is 11.1. The Kier molecular flexibility index (Phi) is 6.88. The van der Waals surface area contributed by atoms with Gasteiger partial charge in [0.2, 0.25) is 6.10 Å². The smallest absolute Gasteiger partial charge is 0.426 e. The molecule has 0 spiro atoms. The maximum atomic E-state index is 12.6. The molecule has 5 nitrogen and oxygen atoms in total. The molecule has 0 fully saturated rings. The van der Waals surface area contributed by atoms with Crippen LogP contribution in [0.2, 0.25) is 0 Å². The first kappa shape index (κ1) is 17.4. The van der Waals surface area contributed by atoms with Crippen LogP contribution in [-0.4, -0.2) is 38.6 Å². The predicted octanol–water partition coefficient (Wildman–Crippen LogP) is 2.75. The van der Waals surface area contributed by atoms with Crippen molar-refractivity contribution >= 4 is 13.6 Å². The Balaban J connectivity index is 4.81. The van der Waals surface area contributed by atoms with E-state index in [0.717, 1.165) is 14.2 Å². The van der Waals surface area contributed by atoms with Crippen molar-refractivity contribution in [2.45, 2.75) is 32.0 Å². The van der Waals surface area contributed by atoms with Crippen molar-refractivity contribution < 1.29 is 36.3 Å². The number of carbonyl (C=O) groups excluding carboxylic acids is 1. The first-order valence-electron chi connectivity index (χ1n) is 5.15. The van der Waals surface area contributed by atoms with E-state index in [1.54, 1.807) is 6.92 Å².